The molecule has 0 saturated carbocycles. The number of likely N-dealkylation sites (tertiary alicyclic amines) is 1. The normalized spacial score (nSPS) is 17.7. The fraction of sp³-hybridized carbons (Fsp3) is 0.600. The number of halogens is 4. The van der Waals surface area contributed by atoms with E-state index < -0.39 is 6.36 Å². The second-order valence-corrected chi connectivity index (χ2v) is 7.04. The van der Waals surface area contributed by atoms with Crippen LogP contribution in [0.25, 0.3) is 0 Å². The van der Waals surface area contributed by atoms with Crippen molar-refractivity contribution in [3.8, 4) is 5.75 Å². The lowest BCUT2D eigenvalue weighted by atomic mass is 9.76. The smallest absolute Gasteiger partial charge is 0.406 e. The van der Waals surface area contributed by atoms with Gasteiger partial charge in [0.15, 0.2) is 0 Å². The number of benzene rings is 1. The molecule has 1 aromatic carbocycles. The maximum Gasteiger partial charge on any atom is 0.573 e. The van der Waals surface area contributed by atoms with Crippen molar-refractivity contribution in [3.63, 3.8) is 0 Å². The predicted molar refractivity (Wildman–Crippen MR) is 76.4 cm³/mol. The molecule has 1 aromatic rings. The fourth-order valence-corrected chi connectivity index (χ4v) is 2.66. The Bertz CT molecular complexity index is 505. The minimum Gasteiger partial charge on any atom is -0.406 e. The van der Waals surface area contributed by atoms with Crippen LogP contribution in [0.5, 0.6) is 5.75 Å². The van der Waals surface area contributed by atoms with Gasteiger partial charge in [-0.05, 0) is 35.1 Å². The summed E-state index contributed by atoms with van der Waals surface area (Å²) < 4.78 is 40.7. The maximum atomic E-state index is 12.3. The highest BCUT2D eigenvalue weighted by molar-refractivity contribution is 6.30. The largest absolute Gasteiger partial charge is 0.573 e. The van der Waals surface area contributed by atoms with Gasteiger partial charge in [-0.15, -0.1) is 13.2 Å². The lowest BCUT2D eigenvalue weighted by Gasteiger charge is -2.46. The Kier molecular flexibility index (Phi) is 4.45. The fourth-order valence-electron chi connectivity index (χ4n) is 2.41. The van der Waals surface area contributed by atoms with Gasteiger partial charge in [0.2, 0.25) is 0 Å². The first-order valence-corrected chi connectivity index (χ1v) is 7.18. The Hall–Kier alpha value is -0.940. The molecule has 2 rings (SSSR count). The maximum absolute atomic E-state index is 12.3. The molecule has 1 aliphatic rings. The number of rotatable bonds is 3. The highest BCUT2D eigenvalue weighted by Gasteiger charge is 2.35. The molecule has 1 heterocycles. The minimum atomic E-state index is -4.70. The zero-order valence-corrected chi connectivity index (χ0v) is 13.1. The summed E-state index contributed by atoms with van der Waals surface area (Å²) in [4.78, 5) is 2.19. The summed E-state index contributed by atoms with van der Waals surface area (Å²) in [5.74, 6) is 0.348. The second kappa shape index (κ2) is 5.69. The first-order valence-electron chi connectivity index (χ1n) is 6.80. The summed E-state index contributed by atoms with van der Waals surface area (Å²) in [6, 6.07) is 4.24. The van der Waals surface area contributed by atoms with Crippen molar-refractivity contribution in [2.24, 2.45) is 11.3 Å². The molecular weight excluding hydrogens is 303 g/mol. The Morgan fingerprint density at radius 3 is 2.33 bits per heavy atom. The van der Waals surface area contributed by atoms with Crippen molar-refractivity contribution < 1.29 is 17.9 Å². The molecule has 0 atom stereocenters. The van der Waals surface area contributed by atoms with Crippen molar-refractivity contribution in [1.82, 2.24) is 4.90 Å². The van der Waals surface area contributed by atoms with Crippen LogP contribution in [-0.2, 0) is 6.54 Å². The topological polar surface area (TPSA) is 12.5 Å². The Labute approximate surface area is 127 Å². The van der Waals surface area contributed by atoms with Gasteiger partial charge in [-0.1, -0.05) is 32.4 Å². The zero-order valence-electron chi connectivity index (χ0n) is 12.3. The van der Waals surface area contributed by atoms with Crippen LogP contribution in [0.1, 0.15) is 26.3 Å². The van der Waals surface area contributed by atoms with E-state index in [0.717, 1.165) is 18.7 Å². The number of nitrogens with zero attached hydrogens (tertiary/aromatic N) is 1. The van der Waals surface area contributed by atoms with E-state index in [1.165, 1.54) is 12.1 Å². The van der Waals surface area contributed by atoms with Crippen molar-refractivity contribution in [2.75, 3.05) is 13.1 Å². The van der Waals surface area contributed by atoms with Crippen molar-refractivity contribution in [1.29, 1.82) is 0 Å². The van der Waals surface area contributed by atoms with Crippen molar-refractivity contribution in [2.45, 2.75) is 33.7 Å². The van der Waals surface area contributed by atoms with Crippen LogP contribution in [0.15, 0.2) is 18.2 Å². The SMILES string of the molecule is CC(C)(C)C1CN(Cc2cc(Cl)cc(OC(F)(F)F)c2)C1. The highest BCUT2D eigenvalue weighted by atomic mass is 35.5. The minimum absolute atomic E-state index is 0.250. The van der Waals surface area contributed by atoms with Crippen LogP contribution >= 0.6 is 11.6 Å². The van der Waals surface area contributed by atoms with Gasteiger partial charge in [0, 0.05) is 24.7 Å². The molecule has 2 nitrogen and oxygen atoms in total. The standard InChI is InChI=1S/C15H19ClF3NO/c1-14(2,3)11-8-20(9-11)7-10-4-12(16)6-13(5-10)21-15(17,18)19/h4-6,11H,7-9H2,1-3H3. The van der Waals surface area contributed by atoms with Crippen LogP contribution in [0, 0.1) is 11.3 Å². The van der Waals surface area contributed by atoms with Crippen LogP contribution in [0.4, 0.5) is 13.2 Å². The summed E-state index contributed by atoms with van der Waals surface area (Å²) in [5.41, 5.74) is 0.990. The van der Waals surface area contributed by atoms with E-state index in [4.69, 9.17) is 11.6 Å². The van der Waals surface area contributed by atoms with E-state index in [1.807, 2.05) is 0 Å². The van der Waals surface area contributed by atoms with E-state index in [1.54, 1.807) is 6.07 Å². The zero-order chi connectivity index (χ0) is 15.8. The summed E-state index contributed by atoms with van der Waals surface area (Å²) in [6.07, 6.45) is -4.70. The summed E-state index contributed by atoms with van der Waals surface area (Å²) in [7, 11) is 0. The van der Waals surface area contributed by atoms with E-state index in [0.29, 0.717) is 12.5 Å². The third kappa shape index (κ3) is 4.78. The van der Waals surface area contributed by atoms with Gasteiger partial charge in [0.1, 0.15) is 5.75 Å². The molecule has 0 N–H and O–H groups in total. The van der Waals surface area contributed by atoms with Crippen molar-refractivity contribution in [3.05, 3.63) is 28.8 Å². The van der Waals surface area contributed by atoms with Gasteiger partial charge >= 0.3 is 6.36 Å². The van der Waals surface area contributed by atoms with E-state index in [2.05, 4.69) is 30.4 Å². The number of hydrogen-bond acceptors (Lipinski definition) is 2. The molecule has 1 saturated heterocycles. The quantitative estimate of drug-likeness (QED) is 0.799. The summed E-state index contributed by atoms with van der Waals surface area (Å²) in [6.45, 7) is 9.08. The molecule has 6 heteroatoms. The second-order valence-electron chi connectivity index (χ2n) is 6.60. The number of alkyl halides is 3. The Morgan fingerprint density at radius 2 is 1.81 bits per heavy atom. The van der Waals surface area contributed by atoms with Gasteiger partial charge < -0.3 is 4.74 Å². The highest BCUT2D eigenvalue weighted by Crippen LogP contribution is 2.35. The monoisotopic (exact) mass is 321 g/mol. The van der Waals surface area contributed by atoms with Gasteiger partial charge in [-0.25, -0.2) is 0 Å². The molecule has 0 bridgehead atoms. The number of hydrogen-bond donors (Lipinski definition) is 0. The van der Waals surface area contributed by atoms with Crippen LogP contribution < -0.4 is 4.74 Å². The molecular formula is C15H19ClF3NO. The molecule has 0 amide bonds. The molecule has 0 spiro atoms. The molecule has 0 unspecified atom stereocenters. The third-order valence-corrected chi connectivity index (χ3v) is 3.97. The summed E-state index contributed by atoms with van der Waals surface area (Å²) >= 11 is 5.86. The van der Waals surface area contributed by atoms with Gasteiger partial charge in [0.25, 0.3) is 0 Å². The lowest BCUT2D eigenvalue weighted by Crippen LogP contribution is -2.51. The van der Waals surface area contributed by atoms with E-state index in [9.17, 15) is 13.2 Å². The first kappa shape index (κ1) is 16.4. The van der Waals surface area contributed by atoms with Crippen LogP contribution in [0.2, 0.25) is 5.02 Å². The van der Waals surface area contributed by atoms with Gasteiger partial charge in [-0.2, -0.15) is 0 Å². The van der Waals surface area contributed by atoms with Crippen LogP contribution in [-0.4, -0.2) is 24.4 Å². The van der Waals surface area contributed by atoms with Crippen LogP contribution in [0.3, 0.4) is 0 Å². The molecule has 1 fully saturated rings. The van der Waals surface area contributed by atoms with Gasteiger partial charge in [0.05, 0.1) is 0 Å². The first-order chi connectivity index (χ1) is 9.53. The average molecular weight is 322 g/mol. The predicted octanol–water partition coefficient (Wildman–Crippen LogP) is 4.72. The Balaban J connectivity index is 1.99. The Morgan fingerprint density at radius 1 is 1.19 bits per heavy atom. The van der Waals surface area contributed by atoms with Crippen molar-refractivity contribution >= 4 is 11.6 Å². The molecule has 0 aliphatic carbocycles. The third-order valence-electron chi connectivity index (χ3n) is 3.75. The summed E-state index contributed by atoms with van der Waals surface area (Å²) in [5, 5.41) is 0.250. The molecule has 118 valence electrons. The van der Waals surface area contributed by atoms with E-state index in [-0.39, 0.29) is 16.2 Å². The van der Waals surface area contributed by atoms with E-state index >= 15 is 0 Å². The molecule has 0 radical (unpaired) electrons. The molecule has 1 aliphatic heterocycles. The number of ether oxygens (including phenoxy) is 1. The average Bonchev–Trinajstić information content (AvgIpc) is 2.17. The molecule has 0 aromatic heterocycles. The molecule has 21 heavy (non-hydrogen) atoms. The lowest BCUT2D eigenvalue weighted by molar-refractivity contribution is -0.274. The van der Waals surface area contributed by atoms with Gasteiger partial charge in [-0.3, -0.25) is 4.90 Å².